The molecule has 2 atom stereocenters. The minimum atomic E-state index is -4.82. The Labute approximate surface area is 175 Å². The van der Waals surface area contributed by atoms with Gasteiger partial charge in [-0.15, -0.1) is 0 Å². The number of aromatic nitrogens is 1. The highest BCUT2D eigenvalue weighted by Crippen LogP contribution is 2.37. The number of hydrogen-bond acceptors (Lipinski definition) is 5. The monoisotopic (exact) mass is 438 g/mol. The first-order valence-electron chi connectivity index (χ1n) is 9.83. The normalized spacial score (nSPS) is 21.6. The first-order chi connectivity index (χ1) is 14.7. The van der Waals surface area contributed by atoms with Gasteiger partial charge in [0, 0.05) is 5.56 Å². The Hall–Kier alpha value is -2.85. The standard InChI is InChI=1S/C21H21F3N2O5/c22-21(23,24)18-15(7-16(19(25)27)20(28)26-18)11-3-5-13(6-4-11)30-9-14-8-29-10-17(31-14)12-1-2-12/h3-7,12,14,17H,1-2,8-10H2,(H2,25,27)(H,26,28)/t14?,17-/m0/s1. The molecule has 0 radical (unpaired) electrons. The Morgan fingerprint density at radius 1 is 1.19 bits per heavy atom. The smallest absolute Gasteiger partial charge is 0.431 e. The van der Waals surface area contributed by atoms with Crippen molar-refractivity contribution in [2.45, 2.75) is 31.2 Å². The van der Waals surface area contributed by atoms with Gasteiger partial charge >= 0.3 is 6.18 Å². The van der Waals surface area contributed by atoms with Gasteiger partial charge in [-0.25, -0.2) is 0 Å². The summed E-state index contributed by atoms with van der Waals surface area (Å²) >= 11 is 0. The number of pyridine rings is 1. The zero-order chi connectivity index (χ0) is 22.2. The average molecular weight is 438 g/mol. The van der Waals surface area contributed by atoms with E-state index in [9.17, 15) is 22.8 Å². The van der Waals surface area contributed by atoms with Crippen molar-refractivity contribution in [3.8, 4) is 16.9 Å². The molecule has 3 N–H and O–H groups in total. The fourth-order valence-electron chi connectivity index (χ4n) is 3.53. The number of ether oxygens (including phenoxy) is 3. The topological polar surface area (TPSA) is 104 Å². The molecule has 1 unspecified atom stereocenters. The number of halogens is 3. The van der Waals surface area contributed by atoms with Crippen LogP contribution in [0, 0.1) is 5.92 Å². The molecule has 1 aromatic carbocycles. The summed E-state index contributed by atoms with van der Waals surface area (Å²) in [5.41, 5.74) is 1.89. The van der Waals surface area contributed by atoms with E-state index >= 15 is 0 Å². The van der Waals surface area contributed by atoms with Crippen molar-refractivity contribution >= 4 is 5.91 Å². The number of rotatable bonds is 6. The molecule has 31 heavy (non-hydrogen) atoms. The molecular formula is C21H21F3N2O5. The molecule has 4 rings (SSSR count). The van der Waals surface area contributed by atoms with Crippen LogP contribution in [-0.2, 0) is 15.7 Å². The molecule has 2 aromatic rings. The van der Waals surface area contributed by atoms with E-state index in [0.717, 1.165) is 18.9 Å². The average Bonchev–Trinajstić information content (AvgIpc) is 3.57. The lowest BCUT2D eigenvalue weighted by Gasteiger charge is -2.30. The molecule has 1 aromatic heterocycles. The van der Waals surface area contributed by atoms with Crippen LogP contribution < -0.4 is 16.0 Å². The van der Waals surface area contributed by atoms with Gasteiger partial charge in [-0.1, -0.05) is 12.1 Å². The van der Waals surface area contributed by atoms with Gasteiger partial charge in [-0.2, -0.15) is 13.2 Å². The third kappa shape index (κ3) is 4.91. The third-order valence-electron chi connectivity index (χ3n) is 5.29. The molecule has 166 valence electrons. The number of primary amides is 1. The highest BCUT2D eigenvalue weighted by molar-refractivity contribution is 5.94. The van der Waals surface area contributed by atoms with Gasteiger partial charge in [0.1, 0.15) is 29.7 Å². The van der Waals surface area contributed by atoms with E-state index < -0.39 is 28.9 Å². The second-order valence-corrected chi connectivity index (χ2v) is 7.67. The van der Waals surface area contributed by atoms with Crippen LogP contribution in [0.4, 0.5) is 13.2 Å². The summed E-state index contributed by atoms with van der Waals surface area (Å²) in [5.74, 6) is -0.128. The van der Waals surface area contributed by atoms with Crippen molar-refractivity contribution in [3.63, 3.8) is 0 Å². The zero-order valence-corrected chi connectivity index (χ0v) is 16.4. The molecule has 1 amide bonds. The first-order valence-corrected chi connectivity index (χ1v) is 9.83. The highest BCUT2D eigenvalue weighted by atomic mass is 19.4. The summed E-state index contributed by atoms with van der Waals surface area (Å²) in [6, 6.07) is 6.69. The van der Waals surface area contributed by atoms with Crippen molar-refractivity contribution in [3.05, 3.63) is 51.9 Å². The Balaban J connectivity index is 1.50. The lowest BCUT2D eigenvalue weighted by atomic mass is 10.0. The number of carbonyl (C=O) groups is 1. The number of alkyl halides is 3. The maximum absolute atomic E-state index is 13.4. The quantitative estimate of drug-likeness (QED) is 0.722. The lowest BCUT2D eigenvalue weighted by molar-refractivity contribution is -0.154. The van der Waals surface area contributed by atoms with Crippen LogP contribution in [0.25, 0.3) is 11.1 Å². The van der Waals surface area contributed by atoms with Gasteiger partial charge in [-0.05, 0) is 42.5 Å². The number of nitrogens with two attached hydrogens (primary N) is 1. The maximum Gasteiger partial charge on any atom is 0.431 e. The zero-order valence-electron chi connectivity index (χ0n) is 16.4. The van der Waals surface area contributed by atoms with Gasteiger partial charge in [0.15, 0.2) is 0 Å². The summed E-state index contributed by atoms with van der Waals surface area (Å²) in [5, 5.41) is 0. The highest BCUT2D eigenvalue weighted by Gasteiger charge is 2.37. The number of hydrogen-bond donors (Lipinski definition) is 2. The van der Waals surface area contributed by atoms with Crippen molar-refractivity contribution in [1.82, 2.24) is 4.98 Å². The predicted molar refractivity (Wildman–Crippen MR) is 104 cm³/mol. The van der Waals surface area contributed by atoms with Crippen molar-refractivity contribution in [2.75, 3.05) is 19.8 Å². The summed E-state index contributed by atoms with van der Waals surface area (Å²) in [6.45, 7) is 1.26. The largest absolute Gasteiger partial charge is 0.491 e. The Morgan fingerprint density at radius 2 is 1.90 bits per heavy atom. The molecule has 2 aliphatic rings. The van der Waals surface area contributed by atoms with Crippen LogP contribution in [0.15, 0.2) is 35.1 Å². The molecule has 1 saturated carbocycles. The summed E-state index contributed by atoms with van der Waals surface area (Å²) in [6.07, 6.45) is -2.66. The second kappa shape index (κ2) is 8.35. The molecule has 7 nitrogen and oxygen atoms in total. The van der Waals surface area contributed by atoms with Gasteiger partial charge in [0.25, 0.3) is 11.5 Å². The number of carbonyl (C=O) groups excluding carboxylic acids is 1. The summed E-state index contributed by atoms with van der Waals surface area (Å²) in [7, 11) is 0. The van der Waals surface area contributed by atoms with Crippen LogP contribution in [0.3, 0.4) is 0 Å². The molecule has 1 aliphatic heterocycles. The number of H-pyrrole nitrogens is 1. The molecule has 1 saturated heterocycles. The van der Waals surface area contributed by atoms with E-state index in [1.807, 2.05) is 0 Å². The van der Waals surface area contributed by atoms with E-state index in [-0.39, 0.29) is 29.9 Å². The first kappa shape index (κ1) is 21.4. The molecule has 2 fully saturated rings. The number of amides is 1. The van der Waals surface area contributed by atoms with Gasteiger partial charge in [-0.3, -0.25) is 9.59 Å². The van der Waals surface area contributed by atoms with Crippen molar-refractivity contribution < 1.29 is 32.2 Å². The van der Waals surface area contributed by atoms with Crippen LogP contribution >= 0.6 is 0 Å². The maximum atomic E-state index is 13.4. The molecule has 0 bridgehead atoms. The van der Waals surface area contributed by atoms with Gasteiger partial charge in [0.05, 0.1) is 19.3 Å². The van der Waals surface area contributed by atoms with Crippen LogP contribution in [0.1, 0.15) is 28.9 Å². The molecule has 1 aliphatic carbocycles. The van der Waals surface area contributed by atoms with Gasteiger partial charge < -0.3 is 24.9 Å². The number of benzene rings is 1. The molecule has 2 heterocycles. The molecular weight excluding hydrogens is 417 g/mol. The lowest BCUT2D eigenvalue weighted by Crippen LogP contribution is -2.40. The molecule has 10 heteroatoms. The summed E-state index contributed by atoms with van der Waals surface area (Å²) in [4.78, 5) is 24.9. The van der Waals surface area contributed by atoms with Crippen molar-refractivity contribution in [1.29, 1.82) is 0 Å². The van der Waals surface area contributed by atoms with E-state index in [1.165, 1.54) is 24.3 Å². The third-order valence-corrected chi connectivity index (χ3v) is 5.29. The SMILES string of the molecule is NC(=O)c1cc(-c2ccc(OCC3COC[C@@H](C4CC4)O3)cc2)c(C(F)(F)F)[nH]c1=O. The second-order valence-electron chi connectivity index (χ2n) is 7.67. The minimum absolute atomic E-state index is 0.0882. The number of aromatic amines is 1. The Bertz CT molecular complexity index is 1020. The minimum Gasteiger partial charge on any atom is -0.491 e. The van der Waals surface area contributed by atoms with E-state index in [0.29, 0.717) is 24.9 Å². The van der Waals surface area contributed by atoms with Gasteiger partial charge in [0.2, 0.25) is 0 Å². The van der Waals surface area contributed by atoms with Crippen molar-refractivity contribution in [2.24, 2.45) is 11.7 Å². The summed E-state index contributed by atoms with van der Waals surface area (Å²) < 4.78 is 57.5. The fraction of sp³-hybridized carbons (Fsp3) is 0.429. The molecule has 0 spiro atoms. The van der Waals surface area contributed by atoms with E-state index in [1.54, 1.807) is 4.98 Å². The van der Waals surface area contributed by atoms with Crippen LogP contribution in [-0.4, -0.2) is 42.9 Å². The van der Waals surface area contributed by atoms with E-state index in [2.05, 4.69) is 0 Å². The van der Waals surface area contributed by atoms with Crippen LogP contribution in [0.2, 0.25) is 0 Å². The Kier molecular flexibility index (Phi) is 5.76. The number of nitrogens with one attached hydrogen (secondary N) is 1. The Morgan fingerprint density at radius 3 is 2.52 bits per heavy atom. The van der Waals surface area contributed by atoms with E-state index in [4.69, 9.17) is 19.9 Å². The predicted octanol–water partition coefficient (Wildman–Crippen LogP) is 2.73. The van der Waals surface area contributed by atoms with Crippen LogP contribution in [0.5, 0.6) is 5.75 Å². The fourth-order valence-corrected chi connectivity index (χ4v) is 3.53.